The summed E-state index contributed by atoms with van der Waals surface area (Å²) in [6, 6.07) is 0.834. The van der Waals surface area contributed by atoms with Crippen molar-refractivity contribution < 1.29 is 32.2 Å². The van der Waals surface area contributed by atoms with Crippen LogP contribution in [0.5, 0.6) is 5.75 Å². The Labute approximate surface area is 191 Å². The Hall–Kier alpha value is -2.33. The van der Waals surface area contributed by atoms with E-state index in [1.54, 1.807) is 47.8 Å². The molecule has 1 amide bonds. The van der Waals surface area contributed by atoms with Gasteiger partial charge in [-0.3, -0.25) is 0 Å². The van der Waals surface area contributed by atoms with Crippen molar-refractivity contribution >= 4 is 22.1 Å². The van der Waals surface area contributed by atoms with Crippen LogP contribution in [0.1, 0.15) is 56.7 Å². The van der Waals surface area contributed by atoms with Crippen LogP contribution in [0.4, 0.5) is 4.79 Å². The molecule has 10 heteroatoms. The minimum Gasteiger partial charge on any atom is -0.496 e. The Morgan fingerprint density at radius 2 is 1.69 bits per heavy atom. The maximum absolute atomic E-state index is 12.9. The van der Waals surface area contributed by atoms with Crippen molar-refractivity contribution in [1.29, 1.82) is 0 Å². The predicted molar refractivity (Wildman–Crippen MR) is 121 cm³/mol. The van der Waals surface area contributed by atoms with Gasteiger partial charge in [-0.2, -0.15) is 0 Å². The number of unbranched alkanes of at least 4 members (excludes halogenated alkanes) is 1. The summed E-state index contributed by atoms with van der Waals surface area (Å²) in [7, 11) is -0.931. The first-order valence-electron chi connectivity index (χ1n) is 10.4. The molecule has 0 heterocycles. The third kappa shape index (κ3) is 7.98. The van der Waals surface area contributed by atoms with Crippen LogP contribution in [0.3, 0.4) is 0 Å². The van der Waals surface area contributed by atoms with E-state index < -0.39 is 33.7 Å². The van der Waals surface area contributed by atoms with Crippen LogP contribution in [0.2, 0.25) is 0 Å². The van der Waals surface area contributed by atoms with Gasteiger partial charge in [0, 0.05) is 6.54 Å². The van der Waals surface area contributed by atoms with Crippen molar-refractivity contribution in [2.75, 3.05) is 20.8 Å². The van der Waals surface area contributed by atoms with Crippen molar-refractivity contribution in [2.24, 2.45) is 0 Å². The van der Waals surface area contributed by atoms with E-state index in [9.17, 15) is 18.0 Å². The van der Waals surface area contributed by atoms with Gasteiger partial charge in [0.2, 0.25) is 10.0 Å². The third-order valence-electron chi connectivity index (χ3n) is 4.86. The van der Waals surface area contributed by atoms with E-state index in [4.69, 9.17) is 14.2 Å². The molecule has 2 N–H and O–H groups in total. The van der Waals surface area contributed by atoms with Gasteiger partial charge in [-0.1, -0.05) is 0 Å². The van der Waals surface area contributed by atoms with E-state index in [-0.39, 0.29) is 17.9 Å². The van der Waals surface area contributed by atoms with Crippen molar-refractivity contribution in [1.82, 2.24) is 10.0 Å². The Kier molecular flexibility index (Phi) is 9.96. The van der Waals surface area contributed by atoms with Gasteiger partial charge in [-0.05, 0) is 83.6 Å². The van der Waals surface area contributed by atoms with Crippen LogP contribution in [0.15, 0.2) is 11.0 Å². The fraction of sp³-hybridized carbons (Fsp3) is 0.636. The zero-order valence-electron chi connectivity index (χ0n) is 20.2. The minimum absolute atomic E-state index is 0.187. The van der Waals surface area contributed by atoms with Crippen molar-refractivity contribution in [2.45, 2.75) is 77.3 Å². The molecule has 0 aromatic heterocycles. The average molecular weight is 473 g/mol. The van der Waals surface area contributed by atoms with Crippen LogP contribution in [-0.4, -0.2) is 52.9 Å². The molecule has 32 heavy (non-hydrogen) atoms. The van der Waals surface area contributed by atoms with Gasteiger partial charge in [0.1, 0.15) is 17.4 Å². The van der Waals surface area contributed by atoms with Gasteiger partial charge in [0.05, 0.1) is 19.1 Å². The molecule has 0 bridgehead atoms. The molecule has 1 aromatic rings. The number of aryl methyl sites for hydroxylation is 1. The molecule has 0 fully saturated rings. The number of methoxy groups -OCH3 is 2. The highest BCUT2D eigenvalue weighted by molar-refractivity contribution is 7.89. The summed E-state index contributed by atoms with van der Waals surface area (Å²) in [5.41, 5.74) is 1.32. The fourth-order valence-corrected chi connectivity index (χ4v) is 4.84. The summed E-state index contributed by atoms with van der Waals surface area (Å²) in [6.07, 6.45) is 0.524. The van der Waals surface area contributed by atoms with E-state index in [1.165, 1.54) is 7.11 Å². The lowest BCUT2D eigenvalue weighted by molar-refractivity contribution is -0.143. The first kappa shape index (κ1) is 27.7. The number of carbonyl (C=O) groups excluding carboxylic acids is 2. The molecule has 0 aliphatic heterocycles. The molecule has 0 aliphatic rings. The normalized spacial score (nSPS) is 12.8. The number of alkyl carbamates (subject to hydrolysis) is 1. The molecule has 0 aliphatic carbocycles. The van der Waals surface area contributed by atoms with Crippen LogP contribution in [0.25, 0.3) is 0 Å². The molecular formula is C22H36N2O7S. The standard InChI is InChI=1S/C22H36N2O7S/c1-14-13-18(29-7)15(2)16(3)19(14)32(27,28)23-12-10-9-11-17(20(25)30-8)24-21(26)31-22(4,5)6/h13,17,23H,9-12H2,1-8H3,(H,24,26)/t17-/m0/s1. The summed E-state index contributed by atoms with van der Waals surface area (Å²) in [5, 5.41) is 2.50. The van der Waals surface area contributed by atoms with Gasteiger partial charge in [-0.25, -0.2) is 22.7 Å². The lowest BCUT2D eigenvalue weighted by Crippen LogP contribution is -2.44. The topological polar surface area (TPSA) is 120 Å². The summed E-state index contributed by atoms with van der Waals surface area (Å²) >= 11 is 0. The number of sulfonamides is 1. The number of hydrogen-bond acceptors (Lipinski definition) is 7. The number of rotatable bonds is 10. The minimum atomic E-state index is -3.72. The van der Waals surface area contributed by atoms with E-state index in [2.05, 4.69) is 10.0 Å². The SMILES string of the molecule is COC(=O)[C@H](CCCCNS(=O)(=O)c1c(C)cc(OC)c(C)c1C)NC(=O)OC(C)(C)C. The molecule has 1 rings (SSSR count). The molecule has 0 spiro atoms. The van der Waals surface area contributed by atoms with Gasteiger partial charge >= 0.3 is 12.1 Å². The highest BCUT2D eigenvalue weighted by Gasteiger charge is 2.25. The first-order chi connectivity index (χ1) is 14.7. The summed E-state index contributed by atoms with van der Waals surface area (Å²) < 4.78 is 43.5. The lowest BCUT2D eigenvalue weighted by atomic mass is 10.1. The molecular weight excluding hydrogens is 436 g/mol. The number of carbonyl (C=O) groups is 2. The van der Waals surface area contributed by atoms with Crippen LogP contribution < -0.4 is 14.8 Å². The monoisotopic (exact) mass is 472 g/mol. The zero-order chi connectivity index (χ0) is 24.7. The summed E-state index contributed by atoms with van der Waals surface area (Å²) in [5.74, 6) is 0.0571. The maximum Gasteiger partial charge on any atom is 0.408 e. The third-order valence-corrected chi connectivity index (χ3v) is 6.61. The lowest BCUT2D eigenvalue weighted by Gasteiger charge is -2.22. The molecule has 0 radical (unpaired) electrons. The number of esters is 1. The molecule has 182 valence electrons. The quantitative estimate of drug-likeness (QED) is 0.396. The molecule has 0 unspecified atom stereocenters. The van der Waals surface area contributed by atoms with Crippen LogP contribution in [0, 0.1) is 20.8 Å². The van der Waals surface area contributed by atoms with E-state index >= 15 is 0 Å². The molecule has 0 saturated heterocycles. The zero-order valence-corrected chi connectivity index (χ0v) is 21.1. The number of hydrogen-bond donors (Lipinski definition) is 2. The Bertz CT molecular complexity index is 921. The molecule has 9 nitrogen and oxygen atoms in total. The van der Waals surface area contributed by atoms with Gasteiger partial charge in [0.15, 0.2) is 0 Å². The maximum atomic E-state index is 12.9. The number of benzene rings is 1. The van der Waals surface area contributed by atoms with Crippen molar-refractivity contribution in [3.8, 4) is 5.75 Å². The second-order valence-corrected chi connectivity index (χ2v) is 10.3. The van der Waals surface area contributed by atoms with Crippen molar-refractivity contribution in [3.05, 3.63) is 22.8 Å². The molecule has 0 saturated carbocycles. The Morgan fingerprint density at radius 1 is 1.06 bits per heavy atom. The highest BCUT2D eigenvalue weighted by atomic mass is 32.2. The van der Waals surface area contributed by atoms with Crippen molar-refractivity contribution in [3.63, 3.8) is 0 Å². The molecule has 1 aromatic carbocycles. The average Bonchev–Trinajstić information content (AvgIpc) is 2.67. The van der Waals surface area contributed by atoms with Gasteiger partial charge < -0.3 is 19.5 Å². The van der Waals surface area contributed by atoms with E-state index in [0.717, 1.165) is 5.56 Å². The first-order valence-corrected chi connectivity index (χ1v) is 11.9. The predicted octanol–water partition coefficient (Wildman–Crippen LogP) is 3.14. The number of nitrogens with one attached hydrogen (secondary N) is 2. The van der Waals surface area contributed by atoms with Crippen LogP contribution >= 0.6 is 0 Å². The van der Waals surface area contributed by atoms with Crippen LogP contribution in [-0.2, 0) is 24.3 Å². The number of ether oxygens (including phenoxy) is 3. The fourth-order valence-electron chi connectivity index (χ4n) is 3.24. The van der Waals surface area contributed by atoms with Gasteiger partial charge in [-0.15, -0.1) is 0 Å². The second-order valence-electron chi connectivity index (χ2n) is 8.59. The molecule has 1 atom stereocenters. The van der Waals surface area contributed by atoms with E-state index in [1.807, 2.05) is 6.92 Å². The highest BCUT2D eigenvalue weighted by Crippen LogP contribution is 2.30. The van der Waals surface area contributed by atoms with Gasteiger partial charge in [0.25, 0.3) is 0 Å². The summed E-state index contributed by atoms with van der Waals surface area (Å²) in [4.78, 5) is 24.2. The van der Waals surface area contributed by atoms with E-state index in [0.29, 0.717) is 29.7 Å². The summed E-state index contributed by atoms with van der Waals surface area (Å²) in [6.45, 7) is 10.7. The Balaban J connectivity index is 2.70. The number of amides is 1. The Morgan fingerprint density at radius 3 is 2.22 bits per heavy atom. The smallest absolute Gasteiger partial charge is 0.408 e. The second kappa shape index (κ2) is 11.5. The largest absolute Gasteiger partial charge is 0.496 e.